The summed E-state index contributed by atoms with van der Waals surface area (Å²) in [6, 6.07) is 18.4. The number of nitrogens with zero attached hydrogens (tertiary/aromatic N) is 2. The van der Waals surface area contributed by atoms with Crippen molar-refractivity contribution in [1.82, 2.24) is 15.1 Å². The number of nitrogens with one attached hydrogen (secondary N) is 1. The lowest BCUT2D eigenvalue weighted by molar-refractivity contribution is 0.0939. The van der Waals surface area contributed by atoms with Crippen molar-refractivity contribution in [2.45, 2.75) is 13.8 Å². The van der Waals surface area contributed by atoms with Crippen LogP contribution in [0.1, 0.15) is 21.7 Å². The summed E-state index contributed by atoms with van der Waals surface area (Å²) in [6.07, 6.45) is 0. The summed E-state index contributed by atoms with van der Waals surface area (Å²) in [7, 11) is 0. The molecule has 0 unspecified atom stereocenters. The van der Waals surface area contributed by atoms with Gasteiger partial charge >= 0.3 is 0 Å². The molecule has 0 bridgehead atoms. The molecule has 6 nitrogen and oxygen atoms in total. The third kappa shape index (κ3) is 4.61. The van der Waals surface area contributed by atoms with E-state index in [0.717, 1.165) is 17.0 Å². The monoisotopic (exact) mass is 363 g/mol. The fourth-order valence-corrected chi connectivity index (χ4v) is 2.66. The van der Waals surface area contributed by atoms with E-state index in [1.54, 1.807) is 11.6 Å². The van der Waals surface area contributed by atoms with Crippen LogP contribution >= 0.6 is 0 Å². The minimum atomic E-state index is -0.516. The maximum absolute atomic E-state index is 12.4. The first-order valence-corrected chi connectivity index (χ1v) is 8.68. The molecule has 0 saturated heterocycles. The van der Waals surface area contributed by atoms with Crippen LogP contribution in [-0.4, -0.2) is 28.8 Å². The number of aromatic nitrogens is 2. The Morgan fingerprint density at radius 1 is 1.07 bits per heavy atom. The van der Waals surface area contributed by atoms with Crippen molar-refractivity contribution in [2.75, 3.05) is 13.2 Å². The van der Waals surface area contributed by atoms with Crippen molar-refractivity contribution in [1.29, 1.82) is 0 Å². The van der Waals surface area contributed by atoms with Crippen LogP contribution in [0.25, 0.3) is 5.69 Å². The lowest BCUT2D eigenvalue weighted by Gasteiger charge is -2.11. The summed E-state index contributed by atoms with van der Waals surface area (Å²) in [5.41, 5.74) is 2.00. The number of hydrogen-bond donors (Lipinski definition) is 1. The van der Waals surface area contributed by atoms with Gasteiger partial charge in [-0.2, -0.15) is 5.10 Å². The van der Waals surface area contributed by atoms with E-state index in [0.29, 0.717) is 12.3 Å². The Bertz CT molecular complexity index is 997. The zero-order valence-electron chi connectivity index (χ0n) is 15.3. The summed E-state index contributed by atoms with van der Waals surface area (Å²) >= 11 is 0. The first-order valence-electron chi connectivity index (χ1n) is 8.68. The third-order valence-electron chi connectivity index (χ3n) is 3.97. The fourth-order valence-electron chi connectivity index (χ4n) is 2.66. The van der Waals surface area contributed by atoms with Crippen LogP contribution < -0.4 is 15.5 Å². The smallest absolute Gasteiger partial charge is 0.275 e. The molecule has 1 N–H and O–H groups in total. The molecule has 0 aliphatic carbocycles. The van der Waals surface area contributed by atoms with E-state index in [1.807, 2.05) is 61.5 Å². The minimum absolute atomic E-state index is 0.139. The van der Waals surface area contributed by atoms with Gasteiger partial charge in [0.15, 0.2) is 5.69 Å². The molecule has 0 atom stereocenters. The number of benzene rings is 2. The molecule has 0 radical (unpaired) electrons. The van der Waals surface area contributed by atoms with Crippen LogP contribution in [0, 0.1) is 13.8 Å². The van der Waals surface area contributed by atoms with E-state index in [9.17, 15) is 9.59 Å². The molecule has 0 fully saturated rings. The third-order valence-corrected chi connectivity index (χ3v) is 3.97. The SMILES string of the molecule is Cc1cccc(OCCNC(=O)c2nn(-c3ccccc3)c(C)cc2=O)c1. The number of carbonyl (C=O) groups is 1. The van der Waals surface area contributed by atoms with E-state index in [2.05, 4.69) is 10.4 Å². The van der Waals surface area contributed by atoms with Crippen LogP contribution in [0.2, 0.25) is 0 Å². The van der Waals surface area contributed by atoms with Gasteiger partial charge in [-0.3, -0.25) is 9.59 Å². The molecule has 3 rings (SSSR count). The van der Waals surface area contributed by atoms with E-state index in [1.165, 1.54) is 6.07 Å². The quantitative estimate of drug-likeness (QED) is 0.684. The predicted octanol–water partition coefficient (Wildman–Crippen LogP) is 2.66. The van der Waals surface area contributed by atoms with E-state index in [-0.39, 0.29) is 12.2 Å². The van der Waals surface area contributed by atoms with Crippen molar-refractivity contribution >= 4 is 5.91 Å². The van der Waals surface area contributed by atoms with Crippen molar-refractivity contribution in [3.05, 3.63) is 87.8 Å². The molecular weight excluding hydrogens is 342 g/mol. The van der Waals surface area contributed by atoms with Crippen molar-refractivity contribution in [3.8, 4) is 11.4 Å². The van der Waals surface area contributed by atoms with Gasteiger partial charge in [0.2, 0.25) is 5.43 Å². The van der Waals surface area contributed by atoms with E-state index in [4.69, 9.17) is 4.74 Å². The Hall–Kier alpha value is -3.41. The second kappa shape index (κ2) is 8.31. The Kier molecular flexibility index (Phi) is 5.66. The largest absolute Gasteiger partial charge is 0.492 e. The molecule has 27 heavy (non-hydrogen) atoms. The number of aryl methyl sites for hydroxylation is 2. The van der Waals surface area contributed by atoms with Gasteiger partial charge < -0.3 is 10.1 Å². The maximum Gasteiger partial charge on any atom is 0.275 e. The molecule has 2 aromatic carbocycles. The van der Waals surface area contributed by atoms with Gasteiger partial charge in [0, 0.05) is 11.8 Å². The van der Waals surface area contributed by atoms with E-state index < -0.39 is 11.3 Å². The lowest BCUT2D eigenvalue weighted by atomic mass is 10.2. The Labute approximate surface area is 157 Å². The average Bonchev–Trinajstić information content (AvgIpc) is 2.66. The summed E-state index contributed by atoms with van der Waals surface area (Å²) in [5, 5.41) is 6.92. The Morgan fingerprint density at radius 3 is 2.59 bits per heavy atom. The standard InChI is InChI=1S/C21H21N3O3/c1-15-7-6-10-18(13-15)27-12-11-22-21(26)20-19(25)14-16(2)24(23-20)17-8-4-3-5-9-17/h3-10,13-14H,11-12H2,1-2H3,(H,22,26). The number of amides is 1. The molecule has 0 aliphatic heterocycles. The van der Waals surface area contributed by atoms with Crippen LogP contribution in [0.4, 0.5) is 0 Å². The lowest BCUT2D eigenvalue weighted by Crippen LogP contribution is -2.34. The Morgan fingerprint density at radius 2 is 1.85 bits per heavy atom. The molecule has 0 aliphatic rings. The average molecular weight is 363 g/mol. The van der Waals surface area contributed by atoms with Gasteiger partial charge in [0.25, 0.3) is 5.91 Å². The normalized spacial score (nSPS) is 10.4. The molecule has 1 heterocycles. The van der Waals surface area contributed by atoms with Gasteiger partial charge in [-0.1, -0.05) is 30.3 Å². The van der Waals surface area contributed by atoms with Crippen LogP contribution in [0.15, 0.2) is 65.5 Å². The molecule has 0 spiro atoms. The molecule has 138 valence electrons. The van der Waals surface area contributed by atoms with Crippen LogP contribution in [-0.2, 0) is 0 Å². The molecule has 1 aromatic heterocycles. The van der Waals surface area contributed by atoms with Gasteiger partial charge in [-0.25, -0.2) is 4.68 Å². The van der Waals surface area contributed by atoms with E-state index >= 15 is 0 Å². The topological polar surface area (TPSA) is 73.2 Å². The first-order chi connectivity index (χ1) is 13.0. The molecule has 3 aromatic rings. The van der Waals surface area contributed by atoms with Crippen LogP contribution in [0.3, 0.4) is 0 Å². The summed E-state index contributed by atoms with van der Waals surface area (Å²) in [6.45, 7) is 4.33. The highest BCUT2D eigenvalue weighted by Gasteiger charge is 2.14. The summed E-state index contributed by atoms with van der Waals surface area (Å²) < 4.78 is 7.18. The van der Waals surface area contributed by atoms with Gasteiger partial charge in [-0.15, -0.1) is 0 Å². The molecule has 1 amide bonds. The van der Waals surface area contributed by atoms with Gasteiger partial charge in [-0.05, 0) is 43.7 Å². The highest BCUT2D eigenvalue weighted by atomic mass is 16.5. The van der Waals surface area contributed by atoms with Crippen LogP contribution in [0.5, 0.6) is 5.75 Å². The van der Waals surface area contributed by atoms with Gasteiger partial charge in [0.05, 0.1) is 12.2 Å². The highest BCUT2D eigenvalue weighted by Crippen LogP contribution is 2.12. The van der Waals surface area contributed by atoms with Crippen molar-refractivity contribution < 1.29 is 9.53 Å². The minimum Gasteiger partial charge on any atom is -0.492 e. The molecule has 6 heteroatoms. The molecular formula is C21H21N3O3. The zero-order valence-corrected chi connectivity index (χ0v) is 15.3. The number of hydrogen-bond acceptors (Lipinski definition) is 4. The second-order valence-corrected chi connectivity index (χ2v) is 6.17. The molecule has 0 saturated carbocycles. The van der Waals surface area contributed by atoms with Crippen molar-refractivity contribution in [2.24, 2.45) is 0 Å². The fraction of sp³-hybridized carbons (Fsp3) is 0.190. The second-order valence-electron chi connectivity index (χ2n) is 6.17. The number of para-hydroxylation sites is 1. The number of carbonyl (C=O) groups excluding carboxylic acids is 1. The maximum atomic E-state index is 12.4. The number of rotatable bonds is 6. The predicted molar refractivity (Wildman–Crippen MR) is 104 cm³/mol. The van der Waals surface area contributed by atoms with Gasteiger partial charge in [0.1, 0.15) is 12.4 Å². The summed E-state index contributed by atoms with van der Waals surface area (Å²) in [4.78, 5) is 24.6. The number of ether oxygens (including phenoxy) is 1. The summed E-state index contributed by atoms with van der Waals surface area (Å²) in [5.74, 6) is 0.224. The zero-order chi connectivity index (χ0) is 19.2. The Balaban J connectivity index is 1.67. The van der Waals surface area contributed by atoms with Crippen molar-refractivity contribution in [3.63, 3.8) is 0 Å². The first kappa shape index (κ1) is 18.4. The highest BCUT2D eigenvalue weighted by molar-refractivity contribution is 5.92.